The Morgan fingerprint density at radius 3 is 2.68 bits per heavy atom. The average Bonchev–Trinajstić information content (AvgIpc) is 3.18. The largest absolute Gasteiger partial charge is 0.491 e. The van der Waals surface area contributed by atoms with E-state index in [1.807, 2.05) is 0 Å². The Labute approximate surface area is 113 Å². The number of halogens is 1. The van der Waals surface area contributed by atoms with Crippen LogP contribution < -0.4 is 15.2 Å². The summed E-state index contributed by atoms with van der Waals surface area (Å²) in [6.45, 7) is 3.59. The predicted octanol–water partition coefficient (Wildman–Crippen LogP) is 2.28. The van der Waals surface area contributed by atoms with Crippen LogP contribution in [0.5, 0.6) is 11.5 Å². The Hall–Kier alpha value is -1.49. The second-order valence-corrected chi connectivity index (χ2v) is 4.81. The molecule has 0 heterocycles. The summed E-state index contributed by atoms with van der Waals surface area (Å²) >= 11 is 0. The molecule has 2 rings (SSSR count). The number of nitrogens with zero attached hydrogens (tertiary/aromatic N) is 1. The molecule has 0 spiro atoms. The van der Waals surface area contributed by atoms with Crippen LogP contribution in [0.25, 0.3) is 0 Å². The van der Waals surface area contributed by atoms with Gasteiger partial charge in [-0.2, -0.15) is 0 Å². The summed E-state index contributed by atoms with van der Waals surface area (Å²) in [4.78, 5) is 2.27. The molecule has 0 unspecified atom stereocenters. The highest BCUT2D eigenvalue weighted by Crippen LogP contribution is 2.30. The number of nitrogen functional groups attached to an aromatic ring is 1. The summed E-state index contributed by atoms with van der Waals surface area (Å²) in [7, 11) is 2.08. The summed E-state index contributed by atoms with van der Waals surface area (Å²) in [5.74, 6) is 0.207. The first-order valence-corrected chi connectivity index (χ1v) is 6.66. The van der Waals surface area contributed by atoms with Crippen LogP contribution in [-0.4, -0.2) is 37.7 Å². The number of ether oxygens (including phenoxy) is 2. The van der Waals surface area contributed by atoms with Gasteiger partial charge in [-0.3, -0.25) is 0 Å². The first kappa shape index (κ1) is 13.9. The topological polar surface area (TPSA) is 47.7 Å². The summed E-state index contributed by atoms with van der Waals surface area (Å²) < 4.78 is 24.3. The molecule has 0 aromatic heterocycles. The van der Waals surface area contributed by atoms with E-state index < -0.39 is 5.82 Å². The minimum atomic E-state index is -0.457. The number of rotatable bonds is 7. The summed E-state index contributed by atoms with van der Waals surface area (Å²) in [5, 5.41) is 0. The number of benzene rings is 1. The molecule has 19 heavy (non-hydrogen) atoms. The van der Waals surface area contributed by atoms with Crippen LogP contribution in [0, 0.1) is 5.82 Å². The molecule has 106 valence electrons. The van der Waals surface area contributed by atoms with Crippen LogP contribution in [0.4, 0.5) is 10.1 Å². The zero-order valence-electron chi connectivity index (χ0n) is 11.5. The molecule has 1 aromatic rings. The third-order valence-electron chi connectivity index (χ3n) is 3.24. The number of hydrogen-bond acceptors (Lipinski definition) is 4. The molecule has 1 aliphatic carbocycles. The highest BCUT2D eigenvalue weighted by molar-refractivity contribution is 5.56. The van der Waals surface area contributed by atoms with E-state index >= 15 is 0 Å². The zero-order chi connectivity index (χ0) is 13.8. The molecule has 0 amide bonds. The fourth-order valence-corrected chi connectivity index (χ4v) is 1.94. The Kier molecular flexibility index (Phi) is 4.47. The van der Waals surface area contributed by atoms with Gasteiger partial charge in [0.2, 0.25) is 0 Å². The van der Waals surface area contributed by atoms with E-state index in [1.54, 1.807) is 6.92 Å². The smallest absolute Gasteiger partial charge is 0.167 e. The first-order chi connectivity index (χ1) is 9.11. The summed E-state index contributed by atoms with van der Waals surface area (Å²) in [5.41, 5.74) is 6.04. The number of hydrogen-bond donors (Lipinski definition) is 1. The second kappa shape index (κ2) is 6.10. The van der Waals surface area contributed by atoms with Crippen LogP contribution in [0.15, 0.2) is 12.1 Å². The number of nitrogens with two attached hydrogens (primary N) is 1. The Morgan fingerprint density at radius 1 is 1.32 bits per heavy atom. The normalized spacial score (nSPS) is 14.7. The lowest BCUT2D eigenvalue weighted by Gasteiger charge is -2.17. The monoisotopic (exact) mass is 268 g/mol. The highest BCUT2D eigenvalue weighted by atomic mass is 19.1. The Morgan fingerprint density at radius 2 is 2.05 bits per heavy atom. The fraction of sp³-hybridized carbons (Fsp3) is 0.571. The van der Waals surface area contributed by atoms with Crippen molar-refractivity contribution in [1.29, 1.82) is 0 Å². The molecule has 4 nitrogen and oxygen atoms in total. The quantitative estimate of drug-likeness (QED) is 0.771. The minimum Gasteiger partial charge on any atom is -0.491 e. The van der Waals surface area contributed by atoms with Gasteiger partial charge in [-0.1, -0.05) is 0 Å². The van der Waals surface area contributed by atoms with Crippen molar-refractivity contribution < 1.29 is 13.9 Å². The first-order valence-electron chi connectivity index (χ1n) is 6.66. The van der Waals surface area contributed by atoms with Gasteiger partial charge in [-0.15, -0.1) is 0 Å². The van der Waals surface area contributed by atoms with Gasteiger partial charge in [0.15, 0.2) is 11.6 Å². The summed E-state index contributed by atoms with van der Waals surface area (Å²) in [6.07, 6.45) is 2.54. The third kappa shape index (κ3) is 3.73. The molecule has 0 radical (unpaired) electrons. The second-order valence-electron chi connectivity index (χ2n) is 4.81. The average molecular weight is 268 g/mol. The van der Waals surface area contributed by atoms with Crippen molar-refractivity contribution >= 4 is 5.69 Å². The molecule has 0 bridgehead atoms. The van der Waals surface area contributed by atoms with Gasteiger partial charge in [0.25, 0.3) is 0 Å². The maximum absolute atomic E-state index is 13.5. The van der Waals surface area contributed by atoms with E-state index in [9.17, 15) is 4.39 Å². The van der Waals surface area contributed by atoms with Crippen molar-refractivity contribution in [2.45, 2.75) is 25.8 Å². The van der Waals surface area contributed by atoms with Crippen LogP contribution in [0.1, 0.15) is 19.8 Å². The van der Waals surface area contributed by atoms with E-state index in [0.29, 0.717) is 30.7 Å². The van der Waals surface area contributed by atoms with Crippen molar-refractivity contribution in [3.8, 4) is 11.5 Å². The van der Waals surface area contributed by atoms with Crippen LogP contribution in [-0.2, 0) is 0 Å². The third-order valence-corrected chi connectivity index (χ3v) is 3.24. The van der Waals surface area contributed by atoms with E-state index in [4.69, 9.17) is 15.2 Å². The van der Waals surface area contributed by atoms with Crippen LogP contribution in [0.2, 0.25) is 0 Å². The molecular weight excluding hydrogens is 247 g/mol. The van der Waals surface area contributed by atoms with Crippen LogP contribution >= 0.6 is 0 Å². The maximum Gasteiger partial charge on any atom is 0.167 e. The lowest BCUT2D eigenvalue weighted by Crippen LogP contribution is -2.26. The highest BCUT2D eigenvalue weighted by Gasteiger charge is 2.25. The van der Waals surface area contributed by atoms with Crippen LogP contribution in [0.3, 0.4) is 0 Å². The molecule has 1 aliphatic rings. The molecule has 1 aromatic carbocycles. The van der Waals surface area contributed by atoms with Gasteiger partial charge < -0.3 is 20.1 Å². The lowest BCUT2D eigenvalue weighted by atomic mass is 10.2. The van der Waals surface area contributed by atoms with Gasteiger partial charge in [0.05, 0.1) is 12.3 Å². The van der Waals surface area contributed by atoms with Crippen molar-refractivity contribution in [3.05, 3.63) is 17.9 Å². The molecule has 1 fully saturated rings. The molecular formula is C14H21FN2O2. The van der Waals surface area contributed by atoms with Gasteiger partial charge in [-0.25, -0.2) is 4.39 Å². The Bertz CT molecular complexity index is 436. The molecule has 0 aliphatic heterocycles. The van der Waals surface area contributed by atoms with E-state index in [-0.39, 0.29) is 5.75 Å². The molecule has 1 saturated carbocycles. The van der Waals surface area contributed by atoms with Crippen molar-refractivity contribution in [3.63, 3.8) is 0 Å². The summed E-state index contributed by atoms with van der Waals surface area (Å²) in [6, 6.07) is 3.46. The van der Waals surface area contributed by atoms with Crippen molar-refractivity contribution in [2.24, 2.45) is 0 Å². The van der Waals surface area contributed by atoms with Crippen molar-refractivity contribution in [2.75, 3.05) is 32.5 Å². The van der Waals surface area contributed by atoms with E-state index in [1.165, 1.54) is 25.0 Å². The lowest BCUT2D eigenvalue weighted by molar-refractivity contribution is 0.231. The fourth-order valence-electron chi connectivity index (χ4n) is 1.94. The predicted molar refractivity (Wildman–Crippen MR) is 73.1 cm³/mol. The minimum absolute atomic E-state index is 0.183. The van der Waals surface area contributed by atoms with E-state index in [0.717, 1.165) is 6.54 Å². The standard InChI is InChI=1S/C14H21FN2O2/c1-3-18-13-9-14(12(16)8-11(13)15)19-7-6-17(2)10-4-5-10/h8-10H,3-7,16H2,1-2H3. The van der Waals surface area contributed by atoms with E-state index in [2.05, 4.69) is 11.9 Å². The molecule has 5 heteroatoms. The maximum atomic E-state index is 13.5. The van der Waals surface area contributed by atoms with Crippen molar-refractivity contribution in [1.82, 2.24) is 4.90 Å². The van der Waals surface area contributed by atoms with Gasteiger partial charge >= 0.3 is 0 Å². The number of anilines is 1. The van der Waals surface area contributed by atoms with Gasteiger partial charge in [0.1, 0.15) is 12.4 Å². The number of likely N-dealkylation sites (N-methyl/N-ethyl adjacent to an activating group) is 1. The van der Waals surface area contributed by atoms with Gasteiger partial charge in [-0.05, 0) is 26.8 Å². The molecule has 0 atom stereocenters. The Balaban J connectivity index is 1.92. The molecule has 2 N–H and O–H groups in total. The molecule has 0 saturated heterocycles. The van der Waals surface area contributed by atoms with Gasteiger partial charge in [0, 0.05) is 24.7 Å². The SMILES string of the molecule is CCOc1cc(OCCN(C)C2CC2)c(N)cc1F. The zero-order valence-corrected chi connectivity index (χ0v) is 11.5.